The molecular weight excluding hydrogens is 248 g/mol. The maximum Gasteiger partial charge on any atom is 0.240 e. The van der Waals surface area contributed by atoms with Gasteiger partial charge in [0.25, 0.3) is 0 Å². The number of nitrogens with one attached hydrogen (secondary N) is 1. The van der Waals surface area contributed by atoms with Gasteiger partial charge in [-0.05, 0) is 17.7 Å². The number of amides is 2. The molecule has 0 unspecified atom stereocenters. The van der Waals surface area contributed by atoms with E-state index in [2.05, 4.69) is 5.32 Å². The van der Waals surface area contributed by atoms with E-state index in [0.717, 1.165) is 5.56 Å². The number of hydrogen-bond acceptors (Lipinski definition) is 5. The van der Waals surface area contributed by atoms with E-state index >= 15 is 0 Å². The molecule has 102 valence electrons. The number of rotatable bonds is 4. The summed E-state index contributed by atoms with van der Waals surface area (Å²) in [5.41, 5.74) is 0.958. The Kier molecular flexibility index (Phi) is 4.01. The van der Waals surface area contributed by atoms with Gasteiger partial charge in [0.1, 0.15) is 0 Å². The highest BCUT2D eigenvalue weighted by Gasteiger charge is 2.22. The lowest BCUT2D eigenvalue weighted by Crippen LogP contribution is -2.50. The third kappa shape index (κ3) is 3.23. The van der Waals surface area contributed by atoms with Gasteiger partial charge in [0.2, 0.25) is 11.8 Å². The van der Waals surface area contributed by atoms with E-state index in [1.54, 1.807) is 25.2 Å². The standard InChI is InChI=1S/C13H16N2O4/c1-18-10-4-3-9(5-11(10)19-2)6-15-7-12(16)14-13(17)8-15/h3-5H,6-8H2,1-2H3,(H,14,16,17). The van der Waals surface area contributed by atoms with Crippen molar-refractivity contribution in [2.24, 2.45) is 0 Å². The van der Waals surface area contributed by atoms with E-state index in [9.17, 15) is 9.59 Å². The van der Waals surface area contributed by atoms with Crippen molar-refractivity contribution in [1.82, 2.24) is 10.2 Å². The maximum absolute atomic E-state index is 11.3. The fourth-order valence-electron chi connectivity index (χ4n) is 2.05. The predicted octanol–water partition coefficient (Wildman–Crippen LogP) is 0.162. The van der Waals surface area contributed by atoms with Crippen LogP contribution in [0.3, 0.4) is 0 Å². The van der Waals surface area contributed by atoms with Gasteiger partial charge in [-0.3, -0.25) is 19.8 Å². The van der Waals surface area contributed by atoms with Gasteiger partial charge >= 0.3 is 0 Å². The first-order chi connectivity index (χ1) is 9.12. The Labute approximate surface area is 111 Å². The highest BCUT2D eigenvalue weighted by atomic mass is 16.5. The van der Waals surface area contributed by atoms with Crippen molar-refractivity contribution in [1.29, 1.82) is 0 Å². The molecule has 1 saturated heterocycles. The summed E-state index contributed by atoms with van der Waals surface area (Å²) in [5.74, 6) is 0.750. The van der Waals surface area contributed by atoms with Crippen LogP contribution < -0.4 is 14.8 Å². The molecule has 2 amide bonds. The third-order valence-electron chi connectivity index (χ3n) is 2.87. The van der Waals surface area contributed by atoms with Gasteiger partial charge in [-0.25, -0.2) is 0 Å². The van der Waals surface area contributed by atoms with Crippen LogP contribution in [0.5, 0.6) is 11.5 Å². The monoisotopic (exact) mass is 264 g/mol. The second kappa shape index (κ2) is 5.71. The lowest BCUT2D eigenvalue weighted by molar-refractivity contribution is -0.136. The van der Waals surface area contributed by atoms with E-state index < -0.39 is 0 Å². The van der Waals surface area contributed by atoms with Gasteiger partial charge in [-0.2, -0.15) is 0 Å². The van der Waals surface area contributed by atoms with Crippen LogP contribution in [0.2, 0.25) is 0 Å². The number of carbonyl (C=O) groups excluding carboxylic acids is 2. The molecule has 1 N–H and O–H groups in total. The minimum Gasteiger partial charge on any atom is -0.493 e. The van der Waals surface area contributed by atoms with Crippen LogP contribution >= 0.6 is 0 Å². The molecule has 6 nitrogen and oxygen atoms in total. The quantitative estimate of drug-likeness (QED) is 0.785. The first kappa shape index (κ1) is 13.4. The van der Waals surface area contributed by atoms with E-state index in [1.165, 1.54) is 0 Å². The fourth-order valence-corrected chi connectivity index (χ4v) is 2.05. The largest absolute Gasteiger partial charge is 0.493 e. The van der Waals surface area contributed by atoms with Crippen LogP contribution in [-0.4, -0.2) is 44.0 Å². The summed E-state index contributed by atoms with van der Waals surface area (Å²) < 4.78 is 10.4. The van der Waals surface area contributed by atoms with Gasteiger partial charge in [-0.1, -0.05) is 6.07 Å². The number of piperazine rings is 1. The molecule has 0 bridgehead atoms. The summed E-state index contributed by atoms with van der Waals surface area (Å²) in [7, 11) is 3.14. The zero-order valence-electron chi connectivity index (χ0n) is 10.9. The summed E-state index contributed by atoms with van der Waals surface area (Å²) in [6.45, 7) is 0.958. The number of ether oxygens (including phenoxy) is 2. The zero-order chi connectivity index (χ0) is 13.8. The van der Waals surface area contributed by atoms with Crippen molar-refractivity contribution < 1.29 is 19.1 Å². The average molecular weight is 264 g/mol. The second-order valence-corrected chi connectivity index (χ2v) is 4.31. The predicted molar refractivity (Wildman–Crippen MR) is 68.0 cm³/mol. The number of imide groups is 1. The molecule has 0 saturated carbocycles. The molecule has 1 aliphatic heterocycles. The third-order valence-corrected chi connectivity index (χ3v) is 2.87. The van der Waals surface area contributed by atoms with Crippen LogP contribution in [-0.2, 0) is 16.1 Å². The van der Waals surface area contributed by atoms with Gasteiger partial charge in [-0.15, -0.1) is 0 Å². The van der Waals surface area contributed by atoms with Crippen molar-refractivity contribution in [2.45, 2.75) is 6.54 Å². The molecular formula is C13H16N2O4. The maximum atomic E-state index is 11.3. The number of nitrogens with zero attached hydrogens (tertiary/aromatic N) is 1. The SMILES string of the molecule is COc1ccc(CN2CC(=O)NC(=O)C2)cc1OC. The molecule has 0 aliphatic carbocycles. The molecule has 0 radical (unpaired) electrons. The van der Waals surface area contributed by atoms with Crippen molar-refractivity contribution in [2.75, 3.05) is 27.3 Å². The molecule has 1 aromatic rings. The summed E-state index contributed by atoms with van der Waals surface area (Å²) >= 11 is 0. The summed E-state index contributed by atoms with van der Waals surface area (Å²) in [5, 5.41) is 2.27. The minimum absolute atomic E-state index is 0.222. The molecule has 1 aliphatic rings. The Balaban J connectivity index is 2.10. The molecule has 0 atom stereocenters. The Bertz CT molecular complexity index is 485. The van der Waals surface area contributed by atoms with Crippen LogP contribution in [0.4, 0.5) is 0 Å². The molecule has 1 heterocycles. The molecule has 0 spiro atoms. The summed E-state index contributed by atoms with van der Waals surface area (Å²) in [6.07, 6.45) is 0. The van der Waals surface area contributed by atoms with E-state index in [0.29, 0.717) is 18.0 Å². The Morgan fingerprint density at radius 3 is 2.32 bits per heavy atom. The van der Waals surface area contributed by atoms with E-state index in [1.807, 2.05) is 12.1 Å². The van der Waals surface area contributed by atoms with E-state index in [4.69, 9.17) is 9.47 Å². The molecule has 19 heavy (non-hydrogen) atoms. The fraction of sp³-hybridized carbons (Fsp3) is 0.385. The number of benzene rings is 1. The summed E-state index contributed by atoms with van der Waals surface area (Å²) in [6, 6.07) is 5.54. The summed E-state index contributed by atoms with van der Waals surface area (Å²) in [4.78, 5) is 24.3. The molecule has 0 aromatic heterocycles. The van der Waals surface area contributed by atoms with Crippen molar-refractivity contribution in [3.8, 4) is 11.5 Å². The average Bonchev–Trinajstić information content (AvgIpc) is 2.37. The Hall–Kier alpha value is -2.08. The number of carbonyl (C=O) groups is 2. The first-order valence-electron chi connectivity index (χ1n) is 5.88. The second-order valence-electron chi connectivity index (χ2n) is 4.31. The molecule has 2 rings (SSSR count). The number of methoxy groups -OCH3 is 2. The van der Waals surface area contributed by atoms with Crippen LogP contribution in [0, 0.1) is 0 Å². The molecule has 1 aromatic carbocycles. The van der Waals surface area contributed by atoms with Gasteiger partial charge < -0.3 is 9.47 Å². The van der Waals surface area contributed by atoms with Crippen LogP contribution in [0.15, 0.2) is 18.2 Å². The first-order valence-corrected chi connectivity index (χ1v) is 5.88. The van der Waals surface area contributed by atoms with Crippen molar-refractivity contribution in [3.63, 3.8) is 0 Å². The number of hydrogen-bond donors (Lipinski definition) is 1. The molecule has 6 heteroatoms. The highest BCUT2D eigenvalue weighted by Crippen LogP contribution is 2.28. The highest BCUT2D eigenvalue weighted by molar-refractivity contribution is 5.99. The lowest BCUT2D eigenvalue weighted by atomic mass is 10.1. The van der Waals surface area contributed by atoms with Crippen LogP contribution in [0.25, 0.3) is 0 Å². The Morgan fingerprint density at radius 1 is 1.11 bits per heavy atom. The van der Waals surface area contributed by atoms with Crippen molar-refractivity contribution in [3.05, 3.63) is 23.8 Å². The van der Waals surface area contributed by atoms with Crippen LogP contribution in [0.1, 0.15) is 5.56 Å². The lowest BCUT2D eigenvalue weighted by Gasteiger charge is -2.25. The minimum atomic E-state index is -0.267. The van der Waals surface area contributed by atoms with E-state index in [-0.39, 0.29) is 24.9 Å². The zero-order valence-corrected chi connectivity index (χ0v) is 10.9. The smallest absolute Gasteiger partial charge is 0.240 e. The topological polar surface area (TPSA) is 67.9 Å². The normalized spacial score (nSPS) is 16.1. The Morgan fingerprint density at radius 2 is 1.74 bits per heavy atom. The van der Waals surface area contributed by atoms with Crippen molar-refractivity contribution >= 4 is 11.8 Å². The van der Waals surface area contributed by atoms with Gasteiger partial charge in [0.05, 0.1) is 27.3 Å². The van der Waals surface area contributed by atoms with Gasteiger partial charge in [0.15, 0.2) is 11.5 Å². The van der Waals surface area contributed by atoms with Gasteiger partial charge in [0, 0.05) is 6.54 Å². The molecule has 1 fully saturated rings.